The van der Waals surface area contributed by atoms with Crippen LogP contribution in [0.2, 0.25) is 0 Å². The van der Waals surface area contributed by atoms with E-state index in [1.54, 1.807) is 0 Å². The Morgan fingerprint density at radius 3 is 2.35 bits per heavy atom. The number of nitrogens with one attached hydrogen (secondary N) is 1. The number of aryl methyl sites for hydroxylation is 2. The number of amides is 1. The summed E-state index contributed by atoms with van der Waals surface area (Å²) in [6.45, 7) is 4.34. The molecule has 3 heteroatoms. The molecular weight excluding hydrogens is 248 g/mol. The fourth-order valence-corrected chi connectivity index (χ4v) is 2.22. The van der Waals surface area contributed by atoms with Crippen molar-refractivity contribution in [2.45, 2.75) is 19.9 Å². The zero-order chi connectivity index (χ0) is 14.5. The van der Waals surface area contributed by atoms with Gasteiger partial charge >= 0.3 is 0 Å². The van der Waals surface area contributed by atoms with Crippen LogP contribution in [0.4, 0.5) is 0 Å². The molecule has 3 nitrogen and oxygen atoms in total. The zero-order valence-electron chi connectivity index (χ0n) is 11.9. The summed E-state index contributed by atoms with van der Waals surface area (Å²) in [5, 5.41) is 3.22. The second-order valence-electron chi connectivity index (χ2n) is 5.03. The predicted octanol–water partition coefficient (Wildman–Crippen LogP) is 2.47. The molecule has 0 saturated carbocycles. The molecule has 0 bridgehead atoms. The van der Waals surface area contributed by atoms with Crippen LogP contribution in [0.1, 0.15) is 28.3 Å². The second-order valence-corrected chi connectivity index (χ2v) is 5.03. The summed E-state index contributed by atoms with van der Waals surface area (Å²) in [5.74, 6) is -0.352. The molecule has 0 aliphatic carbocycles. The van der Waals surface area contributed by atoms with Gasteiger partial charge < -0.3 is 5.73 Å². The van der Waals surface area contributed by atoms with Crippen LogP contribution in [0.15, 0.2) is 48.5 Å². The highest BCUT2D eigenvalue weighted by molar-refractivity contribution is 5.76. The number of nitrogens with two attached hydrogens (primary N) is 1. The summed E-state index contributed by atoms with van der Waals surface area (Å²) < 4.78 is 0. The van der Waals surface area contributed by atoms with Crippen molar-refractivity contribution >= 4 is 5.91 Å². The van der Waals surface area contributed by atoms with Gasteiger partial charge in [0.15, 0.2) is 0 Å². The molecule has 1 unspecified atom stereocenters. The second kappa shape index (κ2) is 6.35. The monoisotopic (exact) mass is 268 g/mol. The van der Waals surface area contributed by atoms with Crippen molar-refractivity contribution in [2.75, 3.05) is 6.54 Å². The zero-order valence-corrected chi connectivity index (χ0v) is 11.9. The topological polar surface area (TPSA) is 55.1 Å². The molecule has 0 heterocycles. The molecule has 0 fully saturated rings. The molecule has 3 N–H and O–H groups in total. The quantitative estimate of drug-likeness (QED) is 0.875. The fraction of sp³-hybridized carbons (Fsp3) is 0.235. The van der Waals surface area contributed by atoms with Crippen LogP contribution in [-0.4, -0.2) is 12.5 Å². The number of carbonyl (C=O) groups is 1. The van der Waals surface area contributed by atoms with E-state index < -0.39 is 0 Å². The van der Waals surface area contributed by atoms with Gasteiger partial charge in [0.2, 0.25) is 5.91 Å². The molecular formula is C17H20N2O. The average molecular weight is 268 g/mol. The Balaban J connectivity index is 2.35. The number of benzene rings is 2. The molecule has 104 valence electrons. The van der Waals surface area contributed by atoms with Gasteiger partial charge in [0.1, 0.15) is 0 Å². The lowest BCUT2D eigenvalue weighted by atomic mass is 9.95. The fourth-order valence-electron chi connectivity index (χ4n) is 2.22. The van der Waals surface area contributed by atoms with Gasteiger partial charge in [-0.2, -0.15) is 0 Å². The molecule has 0 aliphatic heterocycles. The Kier molecular flexibility index (Phi) is 4.53. The molecule has 1 amide bonds. The first-order valence-electron chi connectivity index (χ1n) is 6.71. The number of hydrogen-bond acceptors (Lipinski definition) is 2. The first kappa shape index (κ1) is 14.3. The standard InChI is InChI=1S/C17H20N2O/c1-12-8-9-15(10-13(12)2)17(19-11-16(18)20)14-6-4-3-5-7-14/h3-10,17,19H,11H2,1-2H3,(H2,18,20). The summed E-state index contributed by atoms with van der Waals surface area (Å²) in [4.78, 5) is 11.0. The summed E-state index contributed by atoms with van der Waals surface area (Å²) >= 11 is 0. The van der Waals surface area contributed by atoms with Crippen LogP contribution in [0, 0.1) is 13.8 Å². The van der Waals surface area contributed by atoms with Gasteiger partial charge in [0.05, 0.1) is 12.6 Å². The van der Waals surface area contributed by atoms with Crippen LogP contribution in [-0.2, 0) is 4.79 Å². The number of primary amides is 1. The molecule has 2 aromatic carbocycles. The van der Waals surface area contributed by atoms with Gasteiger partial charge in [0.25, 0.3) is 0 Å². The SMILES string of the molecule is Cc1ccc(C(NCC(N)=O)c2ccccc2)cc1C. The normalized spacial score (nSPS) is 12.1. The third kappa shape index (κ3) is 3.45. The number of rotatable bonds is 5. The molecule has 2 aromatic rings. The van der Waals surface area contributed by atoms with E-state index in [1.165, 1.54) is 11.1 Å². The van der Waals surface area contributed by atoms with Crippen LogP contribution < -0.4 is 11.1 Å². The third-order valence-electron chi connectivity index (χ3n) is 3.48. The highest BCUT2D eigenvalue weighted by Crippen LogP contribution is 2.23. The summed E-state index contributed by atoms with van der Waals surface area (Å²) in [5.41, 5.74) is 10.0. The molecule has 2 rings (SSSR count). The van der Waals surface area contributed by atoms with Crippen molar-refractivity contribution in [3.8, 4) is 0 Å². The minimum Gasteiger partial charge on any atom is -0.369 e. The van der Waals surface area contributed by atoms with Gasteiger partial charge in [-0.15, -0.1) is 0 Å². The predicted molar refractivity (Wildman–Crippen MR) is 81.4 cm³/mol. The van der Waals surface area contributed by atoms with Crippen LogP contribution in [0.3, 0.4) is 0 Å². The lowest BCUT2D eigenvalue weighted by Gasteiger charge is -2.20. The Labute approximate surface area is 119 Å². The van der Waals surface area contributed by atoms with E-state index in [9.17, 15) is 4.79 Å². The largest absolute Gasteiger partial charge is 0.369 e. The van der Waals surface area contributed by atoms with Crippen LogP contribution >= 0.6 is 0 Å². The van der Waals surface area contributed by atoms with Gasteiger partial charge in [-0.3, -0.25) is 10.1 Å². The summed E-state index contributed by atoms with van der Waals surface area (Å²) in [6.07, 6.45) is 0. The maximum absolute atomic E-state index is 11.0. The number of hydrogen-bond donors (Lipinski definition) is 2. The maximum Gasteiger partial charge on any atom is 0.231 e. The van der Waals surface area contributed by atoms with E-state index >= 15 is 0 Å². The minimum atomic E-state index is -0.352. The Morgan fingerprint density at radius 2 is 1.75 bits per heavy atom. The van der Waals surface area contributed by atoms with Gasteiger partial charge in [-0.25, -0.2) is 0 Å². The van der Waals surface area contributed by atoms with Crippen molar-refractivity contribution < 1.29 is 4.79 Å². The van der Waals surface area contributed by atoms with Crippen molar-refractivity contribution in [1.82, 2.24) is 5.32 Å². The lowest BCUT2D eigenvalue weighted by molar-refractivity contribution is -0.117. The molecule has 0 aromatic heterocycles. The first-order chi connectivity index (χ1) is 9.58. The number of carbonyl (C=O) groups excluding carboxylic acids is 1. The van der Waals surface area contributed by atoms with Crippen molar-refractivity contribution in [3.63, 3.8) is 0 Å². The molecule has 0 spiro atoms. The van der Waals surface area contributed by atoms with E-state index in [0.717, 1.165) is 11.1 Å². The minimum absolute atomic E-state index is 0.0250. The van der Waals surface area contributed by atoms with Crippen LogP contribution in [0.25, 0.3) is 0 Å². The first-order valence-corrected chi connectivity index (χ1v) is 6.71. The molecule has 0 radical (unpaired) electrons. The highest BCUT2D eigenvalue weighted by atomic mass is 16.1. The van der Waals surface area contributed by atoms with Gasteiger partial charge in [0, 0.05) is 0 Å². The Bertz CT molecular complexity index is 593. The molecule has 0 saturated heterocycles. The van der Waals surface area contributed by atoms with E-state index in [1.807, 2.05) is 30.3 Å². The summed E-state index contributed by atoms with van der Waals surface area (Å²) in [7, 11) is 0. The molecule has 20 heavy (non-hydrogen) atoms. The molecule has 0 aliphatic rings. The van der Waals surface area contributed by atoms with Crippen molar-refractivity contribution in [1.29, 1.82) is 0 Å². The van der Waals surface area contributed by atoms with Crippen molar-refractivity contribution in [2.24, 2.45) is 5.73 Å². The van der Waals surface area contributed by atoms with E-state index in [-0.39, 0.29) is 18.5 Å². The highest BCUT2D eigenvalue weighted by Gasteiger charge is 2.14. The lowest BCUT2D eigenvalue weighted by Crippen LogP contribution is -2.32. The summed E-state index contributed by atoms with van der Waals surface area (Å²) in [6, 6.07) is 16.4. The van der Waals surface area contributed by atoms with Crippen LogP contribution in [0.5, 0.6) is 0 Å². The van der Waals surface area contributed by atoms with E-state index in [0.29, 0.717) is 0 Å². The van der Waals surface area contributed by atoms with E-state index in [4.69, 9.17) is 5.73 Å². The maximum atomic E-state index is 11.0. The smallest absolute Gasteiger partial charge is 0.231 e. The van der Waals surface area contributed by atoms with E-state index in [2.05, 4.69) is 37.4 Å². The Hall–Kier alpha value is -2.13. The van der Waals surface area contributed by atoms with Gasteiger partial charge in [-0.05, 0) is 36.1 Å². The van der Waals surface area contributed by atoms with Crippen molar-refractivity contribution in [3.05, 3.63) is 70.8 Å². The average Bonchev–Trinajstić information content (AvgIpc) is 2.44. The Morgan fingerprint density at radius 1 is 1.05 bits per heavy atom. The molecule has 1 atom stereocenters. The third-order valence-corrected chi connectivity index (χ3v) is 3.48. The van der Waals surface area contributed by atoms with Gasteiger partial charge in [-0.1, -0.05) is 48.5 Å².